The highest BCUT2D eigenvalue weighted by Crippen LogP contribution is 2.36. The minimum absolute atomic E-state index is 0.217. The predicted octanol–water partition coefficient (Wildman–Crippen LogP) is 1.74. The van der Waals surface area contributed by atoms with Crippen LogP contribution in [0.5, 0.6) is 0 Å². The molecular formula is C12H14ClNO2. The van der Waals surface area contributed by atoms with Crippen LogP contribution < -0.4 is 5.32 Å². The van der Waals surface area contributed by atoms with Crippen molar-refractivity contribution in [3.8, 4) is 0 Å². The lowest BCUT2D eigenvalue weighted by Gasteiger charge is -2.26. The van der Waals surface area contributed by atoms with Crippen molar-refractivity contribution in [3.63, 3.8) is 0 Å². The monoisotopic (exact) mass is 239 g/mol. The number of benzene rings is 1. The van der Waals surface area contributed by atoms with Crippen molar-refractivity contribution < 1.29 is 9.53 Å². The van der Waals surface area contributed by atoms with Crippen molar-refractivity contribution in [1.29, 1.82) is 0 Å². The summed E-state index contributed by atoms with van der Waals surface area (Å²) in [4.78, 5) is 12.0. The molecule has 0 amide bonds. The van der Waals surface area contributed by atoms with Crippen molar-refractivity contribution in [2.24, 2.45) is 0 Å². The maximum atomic E-state index is 12.0. The van der Waals surface area contributed by atoms with Crippen LogP contribution in [0, 0.1) is 0 Å². The number of halogens is 1. The molecule has 1 unspecified atom stereocenters. The first-order chi connectivity index (χ1) is 7.70. The van der Waals surface area contributed by atoms with Gasteiger partial charge in [0.1, 0.15) is 5.41 Å². The third-order valence-corrected chi connectivity index (χ3v) is 3.45. The maximum absolute atomic E-state index is 12.0. The van der Waals surface area contributed by atoms with E-state index < -0.39 is 5.41 Å². The molecule has 2 rings (SSSR count). The molecule has 16 heavy (non-hydrogen) atoms. The van der Waals surface area contributed by atoms with Crippen LogP contribution in [-0.4, -0.2) is 26.2 Å². The summed E-state index contributed by atoms with van der Waals surface area (Å²) >= 11 is 6.16. The van der Waals surface area contributed by atoms with Gasteiger partial charge in [-0.05, 0) is 24.6 Å². The van der Waals surface area contributed by atoms with E-state index >= 15 is 0 Å². The largest absolute Gasteiger partial charge is 0.468 e. The number of carbonyl (C=O) groups excluding carboxylic acids is 1. The Bertz CT molecular complexity index is 400. The van der Waals surface area contributed by atoms with Crippen LogP contribution in [0.2, 0.25) is 5.02 Å². The average molecular weight is 240 g/mol. The normalized spacial score (nSPS) is 24.4. The average Bonchev–Trinajstić information content (AvgIpc) is 2.79. The molecule has 3 nitrogen and oxygen atoms in total. The number of esters is 1. The molecule has 1 aliphatic rings. The first-order valence-electron chi connectivity index (χ1n) is 5.25. The molecule has 0 radical (unpaired) electrons. The molecule has 0 aliphatic carbocycles. The van der Waals surface area contributed by atoms with E-state index in [1.165, 1.54) is 7.11 Å². The van der Waals surface area contributed by atoms with Gasteiger partial charge in [0.15, 0.2) is 0 Å². The van der Waals surface area contributed by atoms with Crippen LogP contribution in [-0.2, 0) is 14.9 Å². The Kier molecular flexibility index (Phi) is 3.17. The minimum atomic E-state index is -0.618. The third-order valence-electron chi connectivity index (χ3n) is 3.12. The number of rotatable bonds is 2. The van der Waals surface area contributed by atoms with Crippen LogP contribution in [0.25, 0.3) is 0 Å². The second-order valence-electron chi connectivity index (χ2n) is 3.98. The molecular weight excluding hydrogens is 226 g/mol. The molecule has 0 saturated carbocycles. The first-order valence-corrected chi connectivity index (χ1v) is 5.63. The lowest BCUT2D eigenvalue weighted by molar-refractivity contribution is -0.146. The Morgan fingerprint density at radius 1 is 1.50 bits per heavy atom. The molecule has 1 aromatic carbocycles. The highest BCUT2D eigenvalue weighted by atomic mass is 35.5. The van der Waals surface area contributed by atoms with Gasteiger partial charge in [-0.25, -0.2) is 0 Å². The third kappa shape index (κ3) is 1.70. The molecule has 1 heterocycles. The SMILES string of the molecule is COC(=O)C1(c2ccccc2Cl)CCNC1. The molecule has 1 aromatic rings. The van der Waals surface area contributed by atoms with Crippen molar-refractivity contribution in [3.05, 3.63) is 34.9 Å². The second kappa shape index (κ2) is 4.44. The predicted molar refractivity (Wildman–Crippen MR) is 62.6 cm³/mol. The zero-order valence-corrected chi connectivity index (χ0v) is 9.88. The standard InChI is InChI=1S/C12H14ClNO2/c1-16-11(15)12(6-7-14-8-12)9-4-2-3-5-10(9)13/h2-5,14H,6-8H2,1H3. The van der Waals surface area contributed by atoms with E-state index in [1.807, 2.05) is 18.2 Å². The van der Waals surface area contributed by atoms with E-state index in [4.69, 9.17) is 16.3 Å². The van der Waals surface area contributed by atoms with Crippen molar-refractivity contribution in [2.45, 2.75) is 11.8 Å². The summed E-state index contributed by atoms with van der Waals surface area (Å²) in [6, 6.07) is 7.45. The topological polar surface area (TPSA) is 38.3 Å². The summed E-state index contributed by atoms with van der Waals surface area (Å²) in [5, 5.41) is 3.82. The van der Waals surface area contributed by atoms with E-state index in [1.54, 1.807) is 6.07 Å². The zero-order valence-electron chi connectivity index (χ0n) is 9.13. The van der Waals surface area contributed by atoms with E-state index in [2.05, 4.69) is 5.32 Å². The van der Waals surface area contributed by atoms with Crippen molar-refractivity contribution in [1.82, 2.24) is 5.32 Å². The summed E-state index contributed by atoms with van der Waals surface area (Å²) in [6.45, 7) is 1.39. The van der Waals surface area contributed by atoms with Gasteiger partial charge in [0.2, 0.25) is 0 Å². The van der Waals surface area contributed by atoms with Gasteiger partial charge in [-0.15, -0.1) is 0 Å². The number of methoxy groups -OCH3 is 1. The summed E-state index contributed by atoms with van der Waals surface area (Å²) in [5.41, 5.74) is 0.237. The van der Waals surface area contributed by atoms with E-state index in [9.17, 15) is 4.79 Å². The van der Waals surface area contributed by atoms with Gasteiger partial charge in [-0.1, -0.05) is 29.8 Å². The fourth-order valence-electron chi connectivity index (χ4n) is 2.25. The van der Waals surface area contributed by atoms with Gasteiger partial charge < -0.3 is 10.1 Å². The summed E-state index contributed by atoms with van der Waals surface area (Å²) in [7, 11) is 1.42. The number of carbonyl (C=O) groups is 1. The number of hydrogen-bond acceptors (Lipinski definition) is 3. The number of ether oxygens (including phenoxy) is 1. The summed E-state index contributed by atoms with van der Waals surface area (Å²) in [5.74, 6) is -0.217. The molecule has 1 aliphatic heterocycles. The second-order valence-corrected chi connectivity index (χ2v) is 4.39. The van der Waals surface area contributed by atoms with Gasteiger partial charge in [-0.2, -0.15) is 0 Å². The molecule has 0 aromatic heterocycles. The highest BCUT2D eigenvalue weighted by Gasteiger charge is 2.45. The Morgan fingerprint density at radius 2 is 2.25 bits per heavy atom. The molecule has 0 bridgehead atoms. The van der Waals surface area contributed by atoms with Crippen molar-refractivity contribution >= 4 is 17.6 Å². The Morgan fingerprint density at radius 3 is 2.81 bits per heavy atom. The Labute approximate surface area is 99.7 Å². The minimum Gasteiger partial charge on any atom is -0.468 e. The van der Waals surface area contributed by atoms with E-state index in [-0.39, 0.29) is 5.97 Å². The fourth-order valence-corrected chi connectivity index (χ4v) is 2.57. The van der Waals surface area contributed by atoms with E-state index in [0.717, 1.165) is 18.5 Å². The summed E-state index contributed by atoms with van der Waals surface area (Å²) < 4.78 is 4.91. The lowest BCUT2D eigenvalue weighted by atomic mass is 9.79. The van der Waals surface area contributed by atoms with Crippen LogP contribution in [0.4, 0.5) is 0 Å². The van der Waals surface area contributed by atoms with E-state index in [0.29, 0.717) is 11.6 Å². The molecule has 1 saturated heterocycles. The van der Waals surface area contributed by atoms with Crippen molar-refractivity contribution in [2.75, 3.05) is 20.2 Å². The van der Waals surface area contributed by atoms with Crippen LogP contribution in [0.3, 0.4) is 0 Å². The van der Waals surface area contributed by atoms with Gasteiger partial charge in [0.25, 0.3) is 0 Å². The van der Waals surface area contributed by atoms with Gasteiger partial charge >= 0.3 is 5.97 Å². The van der Waals surface area contributed by atoms with Gasteiger partial charge in [0.05, 0.1) is 7.11 Å². The maximum Gasteiger partial charge on any atom is 0.317 e. The van der Waals surface area contributed by atoms with Crippen LogP contribution in [0.1, 0.15) is 12.0 Å². The molecule has 4 heteroatoms. The first kappa shape index (κ1) is 11.4. The lowest BCUT2D eigenvalue weighted by Crippen LogP contribution is -2.39. The Hall–Kier alpha value is -1.06. The Balaban J connectivity index is 2.48. The molecule has 0 spiro atoms. The summed E-state index contributed by atoms with van der Waals surface area (Å²) in [6.07, 6.45) is 0.726. The number of hydrogen-bond donors (Lipinski definition) is 1. The smallest absolute Gasteiger partial charge is 0.317 e. The molecule has 1 fully saturated rings. The highest BCUT2D eigenvalue weighted by molar-refractivity contribution is 6.31. The van der Waals surface area contributed by atoms with Gasteiger partial charge in [-0.3, -0.25) is 4.79 Å². The number of nitrogens with one attached hydrogen (secondary N) is 1. The van der Waals surface area contributed by atoms with Crippen LogP contribution >= 0.6 is 11.6 Å². The van der Waals surface area contributed by atoms with Crippen LogP contribution in [0.15, 0.2) is 24.3 Å². The fraction of sp³-hybridized carbons (Fsp3) is 0.417. The quantitative estimate of drug-likeness (QED) is 0.799. The molecule has 86 valence electrons. The molecule has 1 atom stereocenters. The zero-order chi connectivity index (χ0) is 11.6. The molecule has 1 N–H and O–H groups in total. The van der Waals surface area contributed by atoms with Gasteiger partial charge in [0, 0.05) is 11.6 Å².